The topological polar surface area (TPSA) is 92.2 Å². The van der Waals surface area contributed by atoms with Crippen LogP contribution in [-0.2, 0) is 9.53 Å². The summed E-state index contributed by atoms with van der Waals surface area (Å²) in [6, 6.07) is 6.73. The molecule has 2 aliphatic heterocycles. The highest BCUT2D eigenvalue weighted by Gasteiger charge is 2.44. The summed E-state index contributed by atoms with van der Waals surface area (Å²) in [6.07, 6.45) is 0.900. The molecule has 0 aliphatic carbocycles. The molecule has 0 saturated carbocycles. The van der Waals surface area contributed by atoms with E-state index in [9.17, 15) is 14.7 Å². The zero-order valence-electron chi connectivity index (χ0n) is 19.9. The number of aliphatic hydroxyl groups is 1. The lowest BCUT2D eigenvalue weighted by molar-refractivity contribution is -0.129. The third kappa shape index (κ3) is 5.01. The van der Waals surface area contributed by atoms with Crippen LogP contribution in [0, 0.1) is 13.8 Å². The number of aryl methyl sites for hydroxylation is 2. The molecule has 1 saturated heterocycles. The first-order chi connectivity index (χ1) is 16.4. The minimum Gasteiger partial charge on any atom is -0.503 e. The van der Waals surface area contributed by atoms with Gasteiger partial charge in [0, 0.05) is 26.2 Å². The maximum atomic E-state index is 13.6. The lowest BCUT2D eigenvalue weighted by Crippen LogP contribution is -2.43. The van der Waals surface area contributed by atoms with E-state index in [1.165, 1.54) is 11.3 Å². The largest absolute Gasteiger partial charge is 0.503 e. The van der Waals surface area contributed by atoms with Crippen molar-refractivity contribution < 1.29 is 24.2 Å². The van der Waals surface area contributed by atoms with Crippen molar-refractivity contribution in [1.82, 2.24) is 14.8 Å². The molecule has 182 valence electrons. The molecule has 1 amide bonds. The molecule has 1 atom stereocenters. The number of hydrogen-bond acceptors (Lipinski definition) is 8. The summed E-state index contributed by atoms with van der Waals surface area (Å²) >= 11 is 1.28. The summed E-state index contributed by atoms with van der Waals surface area (Å²) in [5.74, 6) is -0.621. The number of aromatic nitrogens is 1. The van der Waals surface area contributed by atoms with E-state index >= 15 is 0 Å². The zero-order valence-corrected chi connectivity index (χ0v) is 20.7. The van der Waals surface area contributed by atoms with Crippen molar-refractivity contribution in [2.24, 2.45) is 0 Å². The van der Waals surface area contributed by atoms with Crippen LogP contribution in [0.25, 0.3) is 0 Å². The first kappa shape index (κ1) is 24.4. The molecule has 0 bridgehead atoms. The Balaban J connectivity index is 1.66. The van der Waals surface area contributed by atoms with Crippen LogP contribution in [0.2, 0.25) is 0 Å². The Morgan fingerprint density at radius 2 is 1.91 bits per heavy atom. The Labute approximate surface area is 203 Å². The highest BCUT2D eigenvalue weighted by molar-refractivity contribution is 7.14. The van der Waals surface area contributed by atoms with Crippen LogP contribution in [0.15, 0.2) is 35.6 Å². The summed E-state index contributed by atoms with van der Waals surface area (Å²) in [5.41, 5.74) is 1.47. The number of hydrogen-bond donors (Lipinski definition) is 1. The van der Waals surface area contributed by atoms with Gasteiger partial charge in [0.2, 0.25) is 5.78 Å². The van der Waals surface area contributed by atoms with Crippen LogP contribution < -0.4 is 4.74 Å². The first-order valence-corrected chi connectivity index (χ1v) is 12.5. The van der Waals surface area contributed by atoms with E-state index in [2.05, 4.69) is 9.88 Å². The van der Waals surface area contributed by atoms with Gasteiger partial charge in [0.25, 0.3) is 5.91 Å². The Bertz CT molecular complexity index is 1070. The fourth-order valence-electron chi connectivity index (χ4n) is 4.37. The van der Waals surface area contributed by atoms with Gasteiger partial charge >= 0.3 is 0 Å². The minimum absolute atomic E-state index is 0.112. The number of ketones is 1. The van der Waals surface area contributed by atoms with E-state index < -0.39 is 17.7 Å². The molecule has 0 radical (unpaired) electrons. The van der Waals surface area contributed by atoms with Crippen molar-refractivity contribution in [2.45, 2.75) is 33.2 Å². The number of nitrogens with zero attached hydrogens (tertiary/aromatic N) is 3. The van der Waals surface area contributed by atoms with Gasteiger partial charge in [-0.15, -0.1) is 11.3 Å². The van der Waals surface area contributed by atoms with E-state index in [0.717, 1.165) is 35.8 Å². The molecule has 8 nitrogen and oxygen atoms in total. The van der Waals surface area contributed by atoms with Gasteiger partial charge in [-0.25, -0.2) is 4.98 Å². The number of thiazole rings is 1. The molecule has 2 aromatic rings. The van der Waals surface area contributed by atoms with E-state index in [1.807, 2.05) is 38.1 Å². The Morgan fingerprint density at radius 3 is 2.53 bits per heavy atom. The molecular weight excluding hydrogens is 454 g/mol. The Morgan fingerprint density at radius 1 is 1.21 bits per heavy atom. The molecule has 3 heterocycles. The number of amides is 1. The normalized spacial score (nSPS) is 19.2. The second-order valence-corrected chi connectivity index (χ2v) is 9.71. The summed E-state index contributed by atoms with van der Waals surface area (Å²) in [4.78, 5) is 35.4. The summed E-state index contributed by atoms with van der Waals surface area (Å²) < 4.78 is 11.1. The molecule has 9 heteroatoms. The number of carbonyl (C=O) groups is 2. The quantitative estimate of drug-likeness (QED) is 0.544. The highest BCUT2D eigenvalue weighted by atomic mass is 32.1. The smallest absolute Gasteiger partial charge is 0.290 e. The van der Waals surface area contributed by atoms with Gasteiger partial charge < -0.3 is 19.5 Å². The highest BCUT2D eigenvalue weighted by Crippen LogP contribution is 2.40. The number of aliphatic hydroxyl groups excluding tert-OH is 1. The average Bonchev–Trinajstić information content (AvgIpc) is 3.32. The summed E-state index contributed by atoms with van der Waals surface area (Å²) in [5, 5.41) is 11.7. The lowest BCUT2D eigenvalue weighted by Gasteiger charge is -2.31. The van der Waals surface area contributed by atoms with Crippen molar-refractivity contribution in [3.05, 3.63) is 56.7 Å². The third-order valence-electron chi connectivity index (χ3n) is 6.09. The number of benzene rings is 1. The predicted molar refractivity (Wildman–Crippen MR) is 130 cm³/mol. The second-order valence-electron chi connectivity index (χ2n) is 8.51. The monoisotopic (exact) mass is 485 g/mol. The molecule has 1 unspecified atom stereocenters. The maximum absolute atomic E-state index is 13.6. The molecule has 4 rings (SSSR count). The minimum atomic E-state index is -0.678. The van der Waals surface area contributed by atoms with E-state index in [1.54, 1.807) is 11.8 Å². The molecule has 2 aliphatic rings. The SMILES string of the molecule is CCCOc1ccc(C2C(C(=O)c3sc(C)nc3C)=C(O)C(=O)N2CCN2CCOCC2)cc1. The molecule has 1 N–H and O–H groups in total. The van der Waals surface area contributed by atoms with E-state index in [0.29, 0.717) is 43.5 Å². The molecule has 1 fully saturated rings. The second kappa shape index (κ2) is 10.7. The van der Waals surface area contributed by atoms with Crippen molar-refractivity contribution in [1.29, 1.82) is 0 Å². The Kier molecular flexibility index (Phi) is 7.65. The summed E-state index contributed by atoms with van der Waals surface area (Å²) in [7, 11) is 0. The number of Topliss-reactive ketones (excluding diaryl/α,β-unsaturated/α-hetero) is 1. The van der Waals surface area contributed by atoms with Crippen LogP contribution >= 0.6 is 11.3 Å². The van der Waals surface area contributed by atoms with Crippen LogP contribution in [0.1, 0.15) is 45.3 Å². The van der Waals surface area contributed by atoms with Crippen LogP contribution in [0.5, 0.6) is 5.75 Å². The van der Waals surface area contributed by atoms with Gasteiger partial charge in [-0.2, -0.15) is 0 Å². The average molecular weight is 486 g/mol. The standard InChI is InChI=1S/C25H31N3O5S/c1-4-13-33-19-7-5-18(6-8-19)21-20(22(29)24-16(2)26-17(3)34-24)23(30)25(31)28(21)10-9-27-11-14-32-15-12-27/h5-8,21,30H,4,9-15H2,1-3H3. The van der Waals surface area contributed by atoms with E-state index in [4.69, 9.17) is 9.47 Å². The van der Waals surface area contributed by atoms with Gasteiger partial charge in [0.05, 0.1) is 47.0 Å². The molecular formula is C25H31N3O5S. The van der Waals surface area contributed by atoms with Crippen molar-refractivity contribution >= 4 is 23.0 Å². The first-order valence-electron chi connectivity index (χ1n) is 11.7. The van der Waals surface area contributed by atoms with Crippen molar-refractivity contribution in [3.63, 3.8) is 0 Å². The van der Waals surface area contributed by atoms with Gasteiger partial charge in [-0.05, 0) is 38.0 Å². The van der Waals surface area contributed by atoms with Crippen LogP contribution in [0.3, 0.4) is 0 Å². The predicted octanol–water partition coefficient (Wildman–Crippen LogP) is 3.46. The molecule has 1 aromatic carbocycles. The zero-order chi connectivity index (χ0) is 24.2. The maximum Gasteiger partial charge on any atom is 0.290 e. The lowest BCUT2D eigenvalue weighted by atomic mass is 9.95. The molecule has 1 aromatic heterocycles. The fourth-order valence-corrected chi connectivity index (χ4v) is 5.24. The third-order valence-corrected chi connectivity index (χ3v) is 7.16. The molecule has 34 heavy (non-hydrogen) atoms. The van der Waals surface area contributed by atoms with Gasteiger partial charge in [0.1, 0.15) is 5.75 Å². The van der Waals surface area contributed by atoms with E-state index in [-0.39, 0.29) is 11.4 Å². The Hall–Kier alpha value is -2.75. The number of carbonyl (C=O) groups excluding carboxylic acids is 2. The van der Waals surface area contributed by atoms with Crippen LogP contribution in [0.4, 0.5) is 0 Å². The fraction of sp³-hybridized carbons (Fsp3) is 0.480. The van der Waals surface area contributed by atoms with Crippen molar-refractivity contribution in [2.75, 3.05) is 46.0 Å². The van der Waals surface area contributed by atoms with Crippen molar-refractivity contribution in [3.8, 4) is 5.75 Å². The number of ether oxygens (including phenoxy) is 2. The summed E-state index contributed by atoms with van der Waals surface area (Å²) in [6.45, 7) is 10.2. The number of rotatable bonds is 9. The van der Waals surface area contributed by atoms with Gasteiger partial charge in [-0.3, -0.25) is 14.5 Å². The van der Waals surface area contributed by atoms with Gasteiger partial charge in [-0.1, -0.05) is 19.1 Å². The number of morpholine rings is 1. The molecule has 0 spiro atoms. The van der Waals surface area contributed by atoms with Crippen LogP contribution in [-0.4, -0.2) is 77.6 Å². The van der Waals surface area contributed by atoms with Gasteiger partial charge in [0.15, 0.2) is 5.76 Å².